The van der Waals surface area contributed by atoms with Gasteiger partial charge in [-0.05, 0) is 0 Å². The summed E-state index contributed by atoms with van der Waals surface area (Å²) >= 11 is 0. The van der Waals surface area contributed by atoms with E-state index >= 15 is 0 Å². The Balaban J connectivity index is -0.00000000167. The van der Waals surface area contributed by atoms with E-state index in [1.54, 1.807) is 0 Å². The van der Waals surface area contributed by atoms with Crippen molar-refractivity contribution in [2.45, 2.75) is 0 Å². The summed E-state index contributed by atoms with van der Waals surface area (Å²) in [5, 5.41) is 14.0. The van der Waals surface area contributed by atoms with Crippen LogP contribution in [0.1, 0.15) is 0 Å². The molecule has 0 aliphatic rings. The molecule has 0 radical (unpaired) electrons. The molecule has 2 N–H and O–H groups in total. The summed E-state index contributed by atoms with van der Waals surface area (Å²) in [5.41, 5.74) is 0. The summed E-state index contributed by atoms with van der Waals surface area (Å²) in [6, 6.07) is 0. The molecule has 0 saturated heterocycles. The summed E-state index contributed by atoms with van der Waals surface area (Å²) < 4.78 is 0. The van der Waals surface area contributed by atoms with Crippen molar-refractivity contribution in [1.82, 2.24) is 0 Å². The normalized spacial score (nSPS) is 1.50. The van der Waals surface area contributed by atoms with Crippen LogP contribution in [0.25, 0.3) is 0 Å². The van der Waals surface area contributed by atoms with Crippen molar-refractivity contribution in [3.8, 4) is 0 Å². The summed E-state index contributed by atoms with van der Waals surface area (Å²) in [6.45, 7) is 0. The Kier molecular flexibility index (Phi) is 63200. The first-order valence-corrected chi connectivity index (χ1v) is 0.894. The van der Waals surface area contributed by atoms with Gasteiger partial charge >= 0.3 is 8.41 Å². The number of aliphatic hydroxyl groups is 2. The van der Waals surface area contributed by atoms with Gasteiger partial charge in [-0.15, -0.1) is 0 Å². The molecule has 0 fully saturated rings. The molecule has 8 heavy (non-hydrogen) atoms. The predicted octanol–water partition coefficient (Wildman–Crippen LogP) is -10.2. The molecule has 0 unspecified atom stereocenters. The Morgan fingerprint density at radius 1 is 0.625 bits per heavy atom. The van der Waals surface area contributed by atoms with Gasteiger partial charge in [-0.2, -0.15) is 0 Å². The average molecular weight is 132 g/mol. The van der Waals surface area contributed by atoms with Gasteiger partial charge in [-0.3, -0.25) is 0 Å². The standard InChI is InChI=1S/2CH4O.B.3FH/c2*1-2;;;;/h2*2H,1H3;;3*1H/q;;+3;;;/p-3. The van der Waals surface area contributed by atoms with E-state index in [4.69, 9.17) is 10.2 Å². The molecule has 0 heterocycles. The van der Waals surface area contributed by atoms with Crippen LogP contribution < -0.4 is 14.1 Å². The Bertz CT molecular complexity index is 15.2. The molecule has 2 nitrogen and oxygen atoms in total. The molecule has 0 aliphatic carbocycles. The number of hydrogen-bond donors (Lipinski definition) is 2. The van der Waals surface area contributed by atoms with E-state index in [0.29, 0.717) is 0 Å². The zero-order valence-corrected chi connectivity index (χ0v) is 4.61. The fraction of sp³-hybridized carbons (Fsp3) is 1.00. The molecule has 6 heteroatoms. The summed E-state index contributed by atoms with van der Waals surface area (Å²) in [7, 11) is 2.00. The third-order valence-electron chi connectivity index (χ3n) is 0. The van der Waals surface area contributed by atoms with Crippen LogP contribution in [0.5, 0.6) is 0 Å². The van der Waals surface area contributed by atoms with Crippen molar-refractivity contribution >= 4 is 8.41 Å². The maximum atomic E-state index is 7.00. The molecular weight excluding hydrogens is 124 g/mol. The van der Waals surface area contributed by atoms with Crippen LogP contribution in [0.15, 0.2) is 0 Å². The topological polar surface area (TPSA) is 40.5 Å². The van der Waals surface area contributed by atoms with Crippen LogP contribution in [-0.2, 0) is 0 Å². The largest absolute Gasteiger partial charge is 3.00 e. The number of aliphatic hydroxyl groups excluding tert-OH is 2. The summed E-state index contributed by atoms with van der Waals surface area (Å²) in [6.07, 6.45) is 0. The van der Waals surface area contributed by atoms with E-state index in [0.717, 1.165) is 14.2 Å². The fourth-order valence-corrected chi connectivity index (χ4v) is 0. The quantitative estimate of drug-likeness (QED) is 0.321. The van der Waals surface area contributed by atoms with E-state index in [-0.39, 0.29) is 22.5 Å². The van der Waals surface area contributed by atoms with Gasteiger partial charge in [0.2, 0.25) is 0 Å². The van der Waals surface area contributed by atoms with Crippen molar-refractivity contribution in [1.29, 1.82) is 0 Å². The number of rotatable bonds is 0. The number of halogens is 3. The molecule has 52 valence electrons. The molecule has 0 aromatic heterocycles. The van der Waals surface area contributed by atoms with E-state index < -0.39 is 0 Å². The third-order valence-corrected chi connectivity index (χ3v) is 0. The SMILES string of the molecule is CO.CO.[B+3].[F-].[F-].[F-]. The van der Waals surface area contributed by atoms with E-state index in [1.165, 1.54) is 0 Å². The molecule has 0 bridgehead atoms. The van der Waals surface area contributed by atoms with Crippen LogP contribution in [-0.4, -0.2) is 32.8 Å². The minimum absolute atomic E-state index is 0. The first-order valence-electron chi connectivity index (χ1n) is 0.894. The molecule has 0 aliphatic heterocycles. The zero-order valence-electron chi connectivity index (χ0n) is 4.61. The first-order chi connectivity index (χ1) is 2.00. The van der Waals surface area contributed by atoms with Crippen molar-refractivity contribution in [2.75, 3.05) is 14.2 Å². The smallest absolute Gasteiger partial charge is 1.00 e. The minimum atomic E-state index is 0. The molecule has 0 atom stereocenters. The summed E-state index contributed by atoms with van der Waals surface area (Å²) in [5.74, 6) is 0. The molecule has 0 saturated carbocycles. The van der Waals surface area contributed by atoms with Crippen LogP contribution in [0, 0.1) is 0 Å². The van der Waals surface area contributed by atoms with Crippen LogP contribution in [0.2, 0.25) is 0 Å². The van der Waals surface area contributed by atoms with Crippen LogP contribution in [0.3, 0.4) is 0 Å². The molecule has 0 spiro atoms. The minimum Gasteiger partial charge on any atom is -1.00 e. The van der Waals surface area contributed by atoms with E-state index in [2.05, 4.69) is 0 Å². The van der Waals surface area contributed by atoms with Gasteiger partial charge in [0.05, 0.1) is 0 Å². The Morgan fingerprint density at radius 2 is 0.625 bits per heavy atom. The molecule has 0 aromatic carbocycles. The van der Waals surface area contributed by atoms with Crippen molar-refractivity contribution in [3.05, 3.63) is 0 Å². The van der Waals surface area contributed by atoms with E-state index in [1.807, 2.05) is 0 Å². The second-order valence-electron chi connectivity index (χ2n) is 0. The van der Waals surface area contributed by atoms with Gasteiger partial charge in [0, 0.05) is 14.2 Å². The van der Waals surface area contributed by atoms with Crippen LogP contribution >= 0.6 is 0 Å². The van der Waals surface area contributed by atoms with E-state index in [9.17, 15) is 0 Å². The molecule has 0 rings (SSSR count). The van der Waals surface area contributed by atoms with Gasteiger partial charge < -0.3 is 24.3 Å². The second kappa shape index (κ2) is 4460. The Hall–Kier alpha value is -0.225. The Morgan fingerprint density at radius 3 is 0.625 bits per heavy atom. The van der Waals surface area contributed by atoms with Gasteiger partial charge in [0.25, 0.3) is 0 Å². The first kappa shape index (κ1) is 113. The van der Waals surface area contributed by atoms with Crippen LogP contribution in [0.4, 0.5) is 0 Å². The van der Waals surface area contributed by atoms with Crippen molar-refractivity contribution in [3.63, 3.8) is 0 Å². The monoisotopic (exact) mass is 132 g/mol. The number of hydrogen-bond acceptors (Lipinski definition) is 2. The van der Waals surface area contributed by atoms with Crippen molar-refractivity contribution in [2.24, 2.45) is 0 Å². The maximum absolute atomic E-state index is 7.00. The summed E-state index contributed by atoms with van der Waals surface area (Å²) in [4.78, 5) is 0. The second-order valence-corrected chi connectivity index (χ2v) is 0. The van der Waals surface area contributed by atoms with Crippen molar-refractivity contribution < 1.29 is 24.3 Å². The third kappa shape index (κ3) is 2600. The van der Waals surface area contributed by atoms with Gasteiger partial charge in [-0.25, -0.2) is 0 Å². The zero-order chi connectivity index (χ0) is 4.00. The molecular formula is C2H8BF3O2. The predicted molar refractivity (Wildman–Crippen MR) is 22.0 cm³/mol. The molecule has 0 amide bonds. The fourth-order valence-electron chi connectivity index (χ4n) is 0. The maximum Gasteiger partial charge on any atom is 3.00 e. The van der Waals surface area contributed by atoms with Gasteiger partial charge in [-0.1, -0.05) is 0 Å². The van der Waals surface area contributed by atoms with Gasteiger partial charge in [0.15, 0.2) is 0 Å². The Labute approximate surface area is 48.2 Å². The van der Waals surface area contributed by atoms with Gasteiger partial charge in [0.1, 0.15) is 0 Å². The average Bonchev–Trinajstić information content (AvgIpc) is 1.50. The molecule has 0 aromatic rings.